The van der Waals surface area contributed by atoms with E-state index < -0.39 is 0 Å². The summed E-state index contributed by atoms with van der Waals surface area (Å²) < 4.78 is 5.74. The second kappa shape index (κ2) is 5.35. The van der Waals surface area contributed by atoms with E-state index in [1.165, 1.54) is 0 Å². The van der Waals surface area contributed by atoms with Crippen molar-refractivity contribution in [2.75, 3.05) is 14.1 Å². The van der Waals surface area contributed by atoms with Gasteiger partial charge in [0.15, 0.2) is 5.76 Å². The van der Waals surface area contributed by atoms with Crippen molar-refractivity contribution in [3.8, 4) is 11.5 Å². The summed E-state index contributed by atoms with van der Waals surface area (Å²) in [5.74, 6) is 0.778. The number of phenolic OH excluding ortho intramolecular Hbond substituents is 1. The molecule has 2 aromatic rings. The number of thiophene rings is 1. The number of phenols is 1. The molecule has 0 spiro atoms. The fourth-order valence-corrected chi connectivity index (χ4v) is 2.91. The first-order valence-electron chi connectivity index (χ1n) is 6.53. The van der Waals surface area contributed by atoms with Gasteiger partial charge in [-0.25, -0.2) is 0 Å². The first-order chi connectivity index (χ1) is 10.1. The molecule has 3 rings (SSSR count). The van der Waals surface area contributed by atoms with Gasteiger partial charge in [0.2, 0.25) is 5.78 Å². The van der Waals surface area contributed by atoms with E-state index in [1.807, 2.05) is 36.5 Å². The molecule has 1 aromatic heterocycles. The van der Waals surface area contributed by atoms with Gasteiger partial charge >= 0.3 is 0 Å². The van der Waals surface area contributed by atoms with Gasteiger partial charge in [-0.1, -0.05) is 6.07 Å². The third kappa shape index (κ3) is 2.57. The Bertz CT molecular complexity index is 717. The average molecular weight is 301 g/mol. The van der Waals surface area contributed by atoms with Crippen LogP contribution in [0.15, 0.2) is 35.4 Å². The van der Waals surface area contributed by atoms with Crippen LogP contribution in [0, 0.1) is 0 Å². The highest BCUT2D eigenvalue weighted by atomic mass is 32.1. The zero-order chi connectivity index (χ0) is 15.0. The number of fused-ring (bicyclic) bond motifs is 1. The minimum Gasteiger partial charge on any atom is -0.507 e. The molecule has 0 unspecified atom stereocenters. The van der Waals surface area contributed by atoms with E-state index in [1.54, 1.807) is 29.5 Å². The van der Waals surface area contributed by atoms with Crippen molar-refractivity contribution < 1.29 is 14.6 Å². The predicted octanol–water partition coefficient (Wildman–Crippen LogP) is 3.13. The van der Waals surface area contributed by atoms with E-state index in [4.69, 9.17) is 4.74 Å². The molecular formula is C16H15NO3S. The monoisotopic (exact) mass is 301 g/mol. The summed E-state index contributed by atoms with van der Waals surface area (Å²) in [7, 11) is 3.80. The van der Waals surface area contributed by atoms with E-state index in [0.717, 1.165) is 4.88 Å². The third-order valence-electron chi connectivity index (χ3n) is 3.21. The van der Waals surface area contributed by atoms with Gasteiger partial charge in [-0.05, 0) is 37.7 Å². The van der Waals surface area contributed by atoms with Gasteiger partial charge in [0.05, 0.1) is 11.1 Å². The zero-order valence-electron chi connectivity index (χ0n) is 11.8. The molecule has 21 heavy (non-hydrogen) atoms. The van der Waals surface area contributed by atoms with Gasteiger partial charge in [0.25, 0.3) is 0 Å². The molecule has 0 fully saturated rings. The SMILES string of the molecule is CN(C)Cc1c(O)ccc2c1OC(=Cc1cccs1)C2=O. The molecule has 0 aliphatic carbocycles. The lowest BCUT2D eigenvalue weighted by Crippen LogP contribution is -2.11. The molecule has 0 saturated carbocycles. The number of hydrogen-bond donors (Lipinski definition) is 1. The summed E-state index contributed by atoms with van der Waals surface area (Å²) >= 11 is 1.54. The van der Waals surface area contributed by atoms with Crippen LogP contribution in [0.5, 0.6) is 11.5 Å². The Morgan fingerprint density at radius 2 is 2.14 bits per heavy atom. The van der Waals surface area contributed by atoms with Crippen molar-refractivity contribution in [1.82, 2.24) is 4.90 Å². The van der Waals surface area contributed by atoms with Crippen LogP contribution < -0.4 is 4.74 Å². The number of rotatable bonds is 3. The second-order valence-electron chi connectivity index (χ2n) is 5.13. The summed E-state index contributed by atoms with van der Waals surface area (Å²) in [5.41, 5.74) is 1.15. The largest absolute Gasteiger partial charge is 0.507 e. The van der Waals surface area contributed by atoms with Crippen LogP contribution in [0.2, 0.25) is 0 Å². The average Bonchev–Trinajstić information content (AvgIpc) is 3.03. The molecule has 1 N–H and O–H groups in total. The highest BCUT2D eigenvalue weighted by Crippen LogP contribution is 2.40. The normalized spacial score (nSPS) is 15.6. The molecule has 0 bridgehead atoms. The lowest BCUT2D eigenvalue weighted by Gasteiger charge is -2.13. The predicted molar refractivity (Wildman–Crippen MR) is 82.8 cm³/mol. The number of hydrogen-bond acceptors (Lipinski definition) is 5. The number of nitrogens with zero attached hydrogens (tertiary/aromatic N) is 1. The Labute approximate surface area is 126 Å². The molecule has 1 aliphatic rings. The molecule has 2 heterocycles. The Morgan fingerprint density at radius 1 is 1.33 bits per heavy atom. The molecule has 0 radical (unpaired) electrons. The van der Waals surface area contributed by atoms with Gasteiger partial charge < -0.3 is 14.7 Å². The van der Waals surface area contributed by atoms with Crippen LogP contribution in [0.3, 0.4) is 0 Å². The van der Waals surface area contributed by atoms with Crippen molar-refractivity contribution in [3.05, 3.63) is 51.4 Å². The molecule has 1 aromatic carbocycles. The number of carbonyl (C=O) groups is 1. The van der Waals surface area contributed by atoms with Gasteiger partial charge in [0, 0.05) is 17.5 Å². The van der Waals surface area contributed by atoms with Crippen molar-refractivity contribution >= 4 is 23.2 Å². The van der Waals surface area contributed by atoms with Crippen molar-refractivity contribution in [2.45, 2.75) is 6.54 Å². The van der Waals surface area contributed by atoms with E-state index in [2.05, 4.69) is 0 Å². The van der Waals surface area contributed by atoms with Gasteiger partial charge in [0.1, 0.15) is 11.5 Å². The van der Waals surface area contributed by atoms with E-state index in [-0.39, 0.29) is 11.5 Å². The van der Waals surface area contributed by atoms with Crippen molar-refractivity contribution in [2.24, 2.45) is 0 Å². The minimum absolute atomic E-state index is 0.140. The second-order valence-corrected chi connectivity index (χ2v) is 6.11. The molecule has 1 aliphatic heterocycles. The smallest absolute Gasteiger partial charge is 0.232 e. The van der Waals surface area contributed by atoms with Crippen LogP contribution >= 0.6 is 11.3 Å². The van der Waals surface area contributed by atoms with Crippen molar-refractivity contribution in [1.29, 1.82) is 0 Å². The standard InChI is InChI=1S/C16H15NO3S/c1-17(2)9-12-13(18)6-5-11-15(19)14(20-16(11)12)8-10-4-3-7-21-10/h3-8,18H,9H2,1-2H3. The number of carbonyl (C=O) groups excluding carboxylic acids is 1. The molecular weight excluding hydrogens is 286 g/mol. The fraction of sp³-hybridized carbons (Fsp3) is 0.188. The van der Waals surface area contributed by atoms with Crippen LogP contribution in [-0.4, -0.2) is 29.9 Å². The number of allylic oxidation sites excluding steroid dienone is 1. The number of aromatic hydroxyl groups is 1. The van der Waals surface area contributed by atoms with E-state index in [0.29, 0.717) is 29.2 Å². The minimum atomic E-state index is -0.140. The summed E-state index contributed by atoms with van der Waals surface area (Å²) in [6.45, 7) is 0.509. The van der Waals surface area contributed by atoms with E-state index >= 15 is 0 Å². The lowest BCUT2D eigenvalue weighted by atomic mass is 10.1. The Kier molecular flexibility index (Phi) is 3.53. The summed E-state index contributed by atoms with van der Waals surface area (Å²) in [4.78, 5) is 15.3. The quantitative estimate of drug-likeness (QED) is 0.885. The molecule has 0 atom stereocenters. The maximum Gasteiger partial charge on any atom is 0.232 e. The lowest BCUT2D eigenvalue weighted by molar-refractivity contribution is 0.101. The molecule has 0 amide bonds. The summed E-state index contributed by atoms with van der Waals surface area (Å²) in [6.07, 6.45) is 1.74. The van der Waals surface area contributed by atoms with Crippen molar-refractivity contribution in [3.63, 3.8) is 0 Å². The van der Waals surface area contributed by atoms with Gasteiger partial charge in [-0.3, -0.25) is 4.79 Å². The van der Waals surface area contributed by atoms with Crippen LogP contribution in [0.1, 0.15) is 20.8 Å². The molecule has 5 heteroatoms. The zero-order valence-corrected chi connectivity index (χ0v) is 12.6. The van der Waals surface area contributed by atoms with Crippen LogP contribution in [0.25, 0.3) is 6.08 Å². The number of ether oxygens (including phenoxy) is 1. The maximum atomic E-state index is 12.4. The van der Waals surface area contributed by atoms with Crippen LogP contribution in [-0.2, 0) is 6.54 Å². The summed E-state index contributed by atoms with van der Waals surface area (Å²) in [5, 5.41) is 12.0. The molecule has 108 valence electrons. The van der Waals surface area contributed by atoms with Crippen LogP contribution in [0.4, 0.5) is 0 Å². The number of benzene rings is 1. The Hall–Kier alpha value is -2.11. The molecule has 4 nitrogen and oxygen atoms in total. The fourth-order valence-electron chi connectivity index (χ4n) is 2.27. The van der Waals surface area contributed by atoms with E-state index in [9.17, 15) is 9.90 Å². The topological polar surface area (TPSA) is 49.8 Å². The van der Waals surface area contributed by atoms with Gasteiger partial charge in [-0.2, -0.15) is 0 Å². The number of ketones is 1. The summed E-state index contributed by atoms with van der Waals surface area (Å²) in [6, 6.07) is 7.01. The number of Topliss-reactive ketones (excluding diaryl/α,β-unsaturated/α-hetero) is 1. The molecule has 0 saturated heterocycles. The highest BCUT2D eigenvalue weighted by molar-refractivity contribution is 7.10. The first kappa shape index (κ1) is 13.9. The van der Waals surface area contributed by atoms with Gasteiger partial charge in [-0.15, -0.1) is 11.3 Å². The Balaban J connectivity index is 2.03. The third-order valence-corrected chi connectivity index (χ3v) is 4.03. The first-order valence-corrected chi connectivity index (χ1v) is 7.41. The Morgan fingerprint density at radius 3 is 2.81 bits per heavy atom. The highest BCUT2D eigenvalue weighted by Gasteiger charge is 2.31. The maximum absolute atomic E-state index is 12.4.